The van der Waals surface area contributed by atoms with Gasteiger partial charge in [0.15, 0.2) is 18.2 Å². The number of benzene rings is 2. The Bertz CT molecular complexity index is 1060. The van der Waals surface area contributed by atoms with Crippen LogP contribution < -0.4 is 10.1 Å². The summed E-state index contributed by atoms with van der Waals surface area (Å²) in [7, 11) is 3.22. The molecule has 7 nitrogen and oxygen atoms in total. The van der Waals surface area contributed by atoms with Crippen LogP contribution >= 0.6 is 11.6 Å². The van der Waals surface area contributed by atoms with E-state index < -0.39 is 17.5 Å². The number of halogens is 4. The summed E-state index contributed by atoms with van der Waals surface area (Å²) >= 11 is 6.02. The highest BCUT2D eigenvalue weighted by atomic mass is 35.5. The Labute approximate surface area is 207 Å². The Morgan fingerprint density at radius 3 is 2.34 bits per heavy atom. The monoisotopic (exact) mass is 512 g/mol. The number of carbonyl (C=O) groups is 2. The van der Waals surface area contributed by atoms with Crippen LogP contribution in [0.25, 0.3) is 0 Å². The molecule has 2 aromatic rings. The Kier molecular flexibility index (Phi) is 9.36. The van der Waals surface area contributed by atoms with E-state index in [1.165, 1.54) is 11.0 Å². The number of nitrogens with zero attached hydrogens (tertiary/aromatic N) is 3. The van der Waals surface area contributed by atoms with Gasteiger partial charge in [-0.2, -0.15) is 0 Å². The maximum Gasteiger partial charge on any atom is 0.259 e. The highest BCUT2D eigenvalue weighted by Crippen LogP contribution is 2.23. The van der Waals surface area contributed by atoms with Crippen LogP contribution in [0, 0.1) is 17.5 Å². The van der Waals surface area contributed by atoms with Gasteiger partial charge in [-0.1, -0.05) is 11.6 Å². The largest absolute Gasteiger partial charge is 0.483 e. The lowest BCUT2D eigenvalue weighted by Crippen LogP contribution is -2.48. The zero-order valence-electron chi connectivity index (χ0n) is 19.6. The summed E-state index contributed by atoms with van der Waals surface area (Å²) < 4.78 is 46.0. The number of ether oxygens (including phenoxy) is 1. The third kappa shape index (κ3) is 7.58. The molecule has 1 aliphatic rings. The average molecular weight is 513 g/mol. The van der Waals surface area contributed by atoms with Gasteiger partial charge in [-0.3, -0.25) is 19.4 Å². The van der Waals surface area contributed by atoms with Crippen LogP contribution in [-0.4, -0.2) is 86.5 Å². The third-order valence-corrected chi connectivity index (χ3v) is 5.94. The molecule has 1 heterocycles. The molecule has 190 valence electrons. The van der Waals surface area contributed by atoms with Crippen molar-refractivity contribution in [3.63, 3.8) is 0 Å². The van der Waals surface area contributed by atoms with Gasteiger partial charge in [0.2, 0.25) is 0 Å². The van der Waals surface area contributed by atoms with Gasteiger partial charge in [0, 0.05) is 76.6 Å². The van der Waals surface area contributed by atoms with Gasteiger partial charge >= 0.3 is 0 Å². The van der Waals surface area contributed by atoms with Crippen LogP contribution in [0.15, 0.2) is 30.3 Å². The quantitative estimate of drug-likeness (QED) is 0.524. The maximum absolute atomic E-state index is 13.9. The zero-order chi connectivity index (χ0) is 25.5. The average Bonchev–Trinajstić information content (AvgIpc) is 2.82. The smallest absolute Gasteiger partial charge is 0.259 e. The Balaban J connectivity index is 1.45. The van der Waals surface area contributed by atoms with Crippen molar-refractivity contribution in [2.75, 3.05) is 60.0 Å². The molecular weight excluding hydrogens is 485 g/mol. The van der Waals surface area contributed by atoms with Gasteiger partial charge in [-0.15, -0.1) is 0 Å². The molecular formula is C24H28ClF3N4O3. The molecule has 35 heavy (non-hydrogen) atoms. The highest BCUT2D eigenvalue weighted by molar-refractivity contribution is 6.30. The van der Waals surface area contributed by atoms with Crippen LogP contribution in [0.1, 0.15) is 15.9 Å². The molecule has 1 fully saturated rings. The number of amides is 2. The molecule has 0 aliphatic carbocycles. The second kappa shape index (κ2) is 12.2. The maximum atomic E-state index is 13.9. The van der Waals surface area contributed by atoms with E-state index in [4.69, 9.17) is 16.3 Å². The molecule has 11 heteroatoms. The van der Waals surface area contributed by atoms with Gasteiger partial charge in [0.05, 0.1) is 5.56 Å². The molecule has 2 amide bonds. The molecule has 0 saturated carbocycles. The summed E-state index contributed by atoms with van der Waals surface area (Å²) in [5, 5.41) is 3.23. The first-order valence-electron chi connectivity index (χ1n) is 11.1. The van der Waals surface area contributed by atoms with Gasteiger partial charge in [0.1, 0.15) is 11.6 Å². The van der Waals surface area contributed by atoms with Crippen molar-refractivity contribution >= 4 is 23.4 Å². The summed E-state index contributed by atoms with van der Waals surface area (Å²) in [6.45, 7) is 3.59. The van der Waals surface area contributed by atoms with E-state index in [9.17, 15) is 22.8 Å². The molecule has 3 rings (SSSR count). The van der Waals surface area contributed by atoms with Crippen LogP contribution in [0.4, 0.5) is 13.2 Å². The van der Waals surface area contributed by atoms with Crippen molar-refractivity contribution in [2.24, 2.45) is 0 Å². The lowest BCUT2D eigenvalue weighted by Gasteiger charge is -2.34. The molecule has 0 spiro atoms. The molecule has 0 radical (unpaired) electrons. The van der Waals surface area contributed by atoms with E-state index in [1.54, 1.807) is 26.2 Å². The molecule has 1 N–H and O–H groups in total. The minimum atomic E-state index is -1.20. The van der Waals surface area contributed by atoms with Crippen LogP contribution in [0.3, 0.4) is 0 Å². The molecule has 0 bridgehead atoms. The van der Waals surface area contributed by atoms with Crippen molar-refractivity contribution in [2.45, 2.75) is 6.54 Å². The Morgan fingerprint density at radius 2 is 1.66 bits per heavy atom. The molecule has 0 atom stereocenters. The van der Waals surface area contributed by atoms with Gasteiger partial charge in [-0.05, 0) is 24.3 Å². The van der Waals surface area contributed by atoms with Crippen molar-refractivity contribution in [1.29, 1.82) is 0 Å². The van der Waals surface area contributed by atoms with Crippen molar-refractivity contribution in [3.05, 3.63) is 63.9 Å². The van der Waals surface area contributed by atoms with Gasteiger partial charge in [-0.25, -0.2) is 13.2 Å². The molecule has 0 aromatic heterocycles. The zero-order valence-corrected chi connectivity index (χ0v) is 20.4. The molecule has 1 aliphatic heterocycles. The summed E-state index contributed by atoms with van der Waals surface area (Å²) in [6.07, 6.45) is 0. The standard InChI is InChI=1S/C24H28ClF3N4O3/c1-30(2)23(33)15-35-22-12-17(25)3-4-18(22)24(34)29-5-6-31-7-9-32(10-8-31)14-16-11-20(27)21(28)13-19(16)26/h3-4,11-13H,5-10,14-15H2,1-2H3,(H,29,34). The number of hydrogen-bond donors (Lipinski definition) is 1. The number of carbonyl (C=O) groups excluding carboxylic acids is 2. The number of piperazine rings is 1. The Hall–Kier alpha value is -2.82. The minimum Gasteiger partial charge on any atom is -0.483 e. The number of nitrogens with one attached hydrogen (secondary N) is 1. The molecule has 2 aromatic carbocycles. The van der Waals surface area contributed by atoms with E-state index in [2.05, 4.69) is 10.2 Å². The lowest BCUT2D eigenvalue weighted by molar-refractivity contribution is -0.130. The van der Waals surface area contributed by atoms with E-state index in [-0.39, 0.29) is 41.8 Å². The van der Waals surface area contributed by atoms with Gasteiger partial charge in [0.25, 0.3) is 11.8 Å². The van der Waals surface area contributed by atoms with Crippen molar-refractivity contribution < 1.29 is 27.5 Å². The third-order valence-electron chi connectivity index (χ3n) is 5.70. The van der Waals surface area contributed by atoms with E-state index in [1.807, 2.05) is 4.90 Å². The van der Waals surface area contributed by atoms with Crippen molar-refractivity contribution in [1.82, 2.24) is 20.0 Å². The molecule has 1 saturated heterocycles. The number of rotatable bonds is 9. The summed E-state index contributed by atoms with van der Waals surface area (Å²) in [5.74, 6) is -3.38. The predicted octanol–water partition coefficient (Wildman–Crippen LogP) is 2.77. The fourth-order valence-electron chi connectivity index (χ4n) is 3.59. The second-order valence-corrected chi connectivity index (χ2v) is 8.89. The Morgan fingerprint density at radius 1 is 1.00 bits per heavy atom. The first-order chi connectivity index (χ1) is 16.6. The van der Waals surface area contributed by atoms with Crippen LogP contribution in [0.2, 0.25) is 5.02 Å². The SMILES string of the molecule is CN(C)C(=O)COc1cc(Cl)ccc1C(=O)NCCN1CCN(Cc2cc(F)c(F)cc2F)CC1. The first kappa shape index (κ1) is 26.8. The van der Waals surface area contributed by atoms with Crippen molar-refractivity contribution in [3.8, 4) is 5.75 Å². The van der Waals surface area contributed by atoms with Crippen LogP contribution in [-0.2, 0) is 11.3 Å². The topological polar surface area (TPSA) is 65.1 Å². The normalized spacial score (nSPS) is 14.6. The van der Waals surface area contributed by atoms with Gasteiger partial charge < -0.3 is 15.0 Å². The van der Waals surface area contributed by atoms with E-state index in [0.29, 0.717) is 50.4 Å². The lowest BCUT2D eigenvalue weighted by atomic mass is 10.1. The van der Waals surface area contributed by atoms with E-state index in [0.717, 1.165) is 6.07 Å². The fourth-order valence-corrected chi connectivity index (χ4v) is 3.75. The second-order valence-electron chi connectivity index (χ2n) is 8.45. The summed E-state index contributed by atoms with van der Waals surface area (Å²) in [6, 6.07) is 6.09. The first-order valence-corrected chi connectivity index (χ1v) is 11.5. The highest BCUT2D eigenvalue weighted by Gasteiger charge is 2.20. The summed E-state index contributed by atoms with van der Waals surface area (Å²) in [5.41, 5.74) is 0.400. The summed E-state index contributed by atoms with van der Waals surface area (Å²) in [4.78, 5) is 30.0. The predicted molar refractivity (Wildman–Crippen MR) is 126 cm³/mol. The molecule has 0 unspecified atom stereocenters. The van der Waals surface area contributed by atoms with E-state index >= 15 is 0 Å². The minimum absolute atomic E-state index is 0.123. The fraction of sp³-hybridized carbons (Fsp3) is 0.417. The van der Waals surface area contributed by atoms with Crippen LogP contribution in [0.5, 0.6) is 5.75 Å². The number of likely N-dealkylation sites (N-methyl/N-ethyl adjacent to an activating group) is 1. The number of hydrogen-bond acceptors (Lipinski definition) is 5.